The predicted molar refractivity (Wildman–Crippen MR) is 59.4 cm³/mol. The number of aromatic amines is 1. The molecule has 0 amide bonds. The second-order valence-corrected chi connectivity index (χ2v) is 4.33. The van der Waals surface area contributed by atoms with E-state index in [0.29, 0.717) is 12.1 Å². The number of nitrogens with one attached hydrogen (secondary N) is 2. The molecular weight excluding hydrogens is 172 g/mol. The highest BCUT2D eigenvalue weighted by atomic mass is 15.0. The zero-order valence-corrected chi connectivity index (χ0v) is 9.14. The van der Waals surface area contributed by atoms with Gasteiger partial charge in [0.25, 0.3) is 0 Å². The summed E-state index contributed by atoms with van der Waals surface area (Å²) in [6.07, 6.45) is 7.09. The highest BCUT2D eigenvalue weighted by molar-refractivity contribution is 5.26. The Kier molecular flexibility index (Phi) is 2.92. The standard InChI is InChI=1S/C12H20N2/c1-3-9(2)14-12-6-4-5-11-10(12)7-8-13-11/h7-9,12-14H,3-6H2,1-2H3. The van der Waals surface area contributed by atoms with Gasteiger partial charge in [-0.2, -0.15) is 0 Å². The third-order valence-electron chi connectivity index (χ3n) is 3.26. The fourth-order valence-electron chi connectivity index (χ4n) is 2.23. The van der Waals surface area contributed by atoms with Crippen molar-refractivity contribution in [1.82, 2.24) is 10.3 Å². The molecule has 2 rings (SSSR count). The number of aryl methyl sites for hydroxylation is 1. The van der Waals surface area contributed by atoms with Crippen LogP contribution in [-0.4, -0.2) is 11.0 Å². The lowest BCUT2D eigenvalue weighted by molar-refractivity contribution is 0.402. The first-order valence-corrected chi connectivity index (χ1v) is 5.73. The summed E-state index contributed by atoms with van der Waals surface area (Å²) >= 11 is 0. The minimum absolute atomic E-state index is 0.583. The molecule has 2 unspecified atom stereocenters. The van der Waals surface area contributed by atoms with Crippen LogP contribution in [0.3, 0.4) is 0 Å². The molecule has 0 saturated heterocycles. The van der Waals surface area contributed by atoms with Gasteiger partial charge in [-0.1, -0.05) is 6.92 Å². The Morgan fingerprint density at radius 3 is 3.29 bits per heavy atom. The molecular formula is C12H20N2. The maximum atomic E-state index is 3.69. The molecule has 0 radical (unpaired) electrons. The highest BCUT2D eigenvalue weighted by Gasteiger charge is 2.21. The van der Waals surface area contributed by atoms with Crippen LogP contribution in [-0.2, 0) is 6.42 Å². The van der Waals surface area contributed by atoms with Crippen molar-refractivity contribution in [2.75, 3.05) is 0 Å². The number of hydrogen-bond donors (Lipinski definition) is 2. The lowest BCUT2D eigenvalue weighted by Crippen LogP contribution is -2.31. The third kappa shape index (κ3) is 1.85. The van der Waals surface area contributed by atoms with Gasteiger partial charge in [-0.05, 0) is 44.2 Å². The first-order chi connectivity index (χ1) is 6.81. The average molecular weight is 192 g/mol. The molecule has 2 heteroatoms. The van der Waals surface area contributed by atoms with Crippen molar-refractivity contribution in [2.24, 2.45) is 0 Å². The van der Waals surface area contributed by atoms with E-state index in [2.05, 4.69) is 36.4 Å². The Morgan fingerprint density at radius 2 is 2.50 bits per heavy atom. The van der Waals surface area contributed by atoms with Crippen LogP contribution in [0.4, 0.5) is 0 Å². The van der Waals surface area contributed by atoms with Crippen molar-refractivity contribution < 1.29 is 0 Å². The molecule has 0 saturated carbocycles. The van der Waals surface area contributed by atoms with Crippen LogP contribution in [0.25, 0.3) is 0 Å². The molecule has 1 aromatic heterocycles. The number of hydrogen-bond acceptors (Lipinski definition) is 1. The van der Waals surface area contributed by atoms with Crippen molar-refractivity contribution in [1.29, 1.82) is 0 Å². The van der Waals surface area contributed by atoms with Gasteiger partial charge >= 0.3 is 0 Å². The zero-order chi connectivity index (χ0) is 9.97. The first-order valence-electron chi connectivity index (χ1n) is 5.73. The molecule has 0 aromatic carbocycles. The summed E-state index contributed by atoms with van der Waals surface area (Å²) in [6.45, 7) is 4.50. The largest absolute Gasteiger partial charge is 0.365 e. The molecule has 0 spiro atoms. The lowest BCUT2D eigenvalue weighted by Gasteiger charge is -2.26. The lowest BCUT2D eigenvalue weighted by atomic mass is 9.92. The van der Waals surface area contributed by atoms with Crippen LogP contribution in [0.15, 0.2) is 12.3 Å². The third-order valence-corrected chi connectivity index (χ3v) is 3.26. The summed E-state index contributed by atoms with van der Waals surface area (Å²) in [5.41, 5.74) is 2.94. The summed E-state index contributed by atoms with van der Waals surface area (Å²) in [5, 5.41) is 3.69. The van der Waals surface area contributed by atoms with Gasteiger partial charge in [-0.25, -0.2) is 0 Å². The van der Waals surface area contributed by atoms with Crippen molar-refractivity contribution >= 4 is 0 Å². The van der Waals surface area contributed by atoms with E-state index in [1.54, 1.807) is 0 Å². The fourth-order valence-corrected chi connectivity index (χ4v) is 2.23. The van der Waals surface area contributed by atoms with Crippen molar-refractivity contribution in [2.45, 2.75) is 51.6 Å². The SMILES string of the molecule is CCC(C)NC1CCCc2[nH]ccc21. The maximum Gasteiger partial charge on any atom is 0.0340 e. The van der Waals surface area contributed by atoms with Crippen LogP contribution in [0.2, 0.25) is 0 Å². The minimum atomic E-state index is 0.583. The van der Waals surface area contributed by atoms with Gasteiger partial charge in [-0.15, -0.1) is 0 Å². The zero-order valence-electron chi connectivity index (χ0n) is 9.14. The van der Waals surface area contributed by atoms with Crippen LogP contribution < -0.4 is 5.32 Å². The van der Waals surface area contributed by atoms with Crippen LogP contribution in [0.5, 0.6) is 0 Å². The first kappa shape index (κ1) is 9.78. The summed E-state index contributed by atoms with van der Waals surface area (Å²) in [5.74, 6) is 0. The minimum Gasteiger partial charge on any atom is -0.365 e. The van der Waals surface area contributed by atoms with E-state index in [9.17, 15) is 0 Å². The quantitative estimate of drug-likeness (QED) is 0.757. The second kappa shape index (κ2) is 4.18. The number of rotatable bonds is 3. The Labute approximate surface area is 86.1 Å². The van der Waals surface area contributed by atoms with E-state index >= 15 is 0 Å². The maximum absolute atomic E-state index is 3.69. The Bertz CT molecular complexity index is 290. The monoisotopic (exact) mass is 192 g/mol. The number of H-pyrrole nitrogens is 1. The number of aromatic nitrogens is 1. The molecule has 2 N–H and O–H groups in total. The van der Waals surface area contributed by atoms with Crippen LogP contribution >= 0.6 is 0 Å². The second-order valence-electron chi connectivity index (χ2n) is 4.33. The molecule has 1 aromatic rings. The molecule has 0 aliphatic heterocycles. The van der Waals surface area contributed by atoms with E-state index < -0.39 is 0 Å². The normalized spacial score (nSPS) is 23.1. The molecule has 14 heavy (non-hydrogen) atoms. The van der Waals surface area contributed by atoms with Gasteiger partial charge in [-0.3, -0.25) is 0 Å². The molecule has 2 nitrogen and oxygen atoms in total. The fraction of sp³-hybridized carbons (Fsp3) is 0.667. The molecule has 1 aliphatic carbocycles. The number of fused-ring (bicyclic) bond motifs is 1. The van der Waals surface area contributed by atoms with E-state index in [0.717, 1.165) is 0 Å². The molecule has 1 aliphatic rings. The average Bonchev–Trinajstić information content (AvgIpc) is 2.66. The van der Waals surface area contributed by atoms with Crippen molar-refractivity contribution in [3.8, 4) is 0 Å². The van der Waals surface area contributed by atoms with E-state index in [4.69, 9.17) is 0 Å². The topological polar surface area (TPSA) is 27.8 Å². The molecule has 0 bridgehead atoms. The van der Waals surface area contributed by atoms with Crippen molar-refractivity contribution in [3.63, 3.8) is 0 Å². The summed E-state index contributed by atoms with van der Waals surface area (Å²) in [7, 11) is 0. The smallest absolute Gasteiger partial charge is 0.0340 e. The molecule has 78 valence electrons. The van der Waals surface area contributed by atoms with Gasteiger partial charge in [0.1, 0.15) is 0 Å². The van der Waals surface area contributed by atoms with Gasteiger partial charge in [0.2, 0.25) is 0 Å². The van der Waals surface area contributed by atoms with Crippen LogP contribution in [0, 0.1) is 0 Å². The molecule has 2 atom stereocenters. The van der Waals surface area contributed by atoms with Crippen LogP contribution in [0.1, 0.15) is 50.4 Å². The Hall–Kier alpha value is -0.760. The van der Waals surface area contributed by atoms with Gasteiger partial charge in [0.05, 0.1) is 0 Å². The Morgan fingerprint density at radius 1 is 1.64 bits per heavy atom. The summed E-state index contributed by atoms with van der Waals surface area (Å²) in [4.78, 5) is 3.34. The van der Waals surface area contributed by atoms with E-state index in [1.807, 2.05) is 0 Å². The van der Waals surface area contributed by atoms with Crippen molar-refractivity contribution in [3.05, 3.63) is 23.5 Å². The van der Waals surface area contributed by atoms with Gasteiger partial charge in [0, 0.05) is 24.0 Å². The molecule has 0 fully saturated rings. The highest BCUT2D eigenvalue weighted by Crippen LogP contribution is 2.29. The van der Waals surface area contributed by atoms with Gasteiger partial charge < -0.3 is 10.3 Å². The molecule has 1 heterocycles. The van der Waals surface area contributed by atoms with E-state index in [-0.39, 0.29) is 0 Å². The summed E-state index contributed by atoms with van der Waals surface area (Å²) in [6, 6.07) is 3.44. The van der Waals surface area contributed by atoms with E-state index in [1.165, 1.54) is 36.9 Å². The predicted octanol–water partition coefficient (Wildman–Crippen LogP) is 2.78. The Balaban J connectivity index is 2.08. The van der Waals surface area contributed by atoms with Gasteiger partial charge in [0.15, 0.2) is 0 Å². The summed E-state index contributed by atoms with van der Waals surface area (Å²) < 4.78 is 0.